The molecule has 2 atom stereocenters. The molecule has 2 aliphatic heterocycles. The molecule has 4 rings (SSSR count). The number of hydrogen-bond acceptors (Lipinski definition) is 12. The number of nitrogens with zero attached hydrogens (tertiary/aromatic N) is 2. The molecule has 0 aliphatic carbocycles. The summed E-state index contributed by atoms with van der Waals surface area (Å²) in [5.74, 6) is -1.43. The van der Waals surface area contributed by atoms with Crippen LogP contribution in [0.3, 0.4) is 0 Å². The number of hydrogen-bond donors (Lipinski definition) is 0. The summed E-state index contributed by atoms with van der Waals surface area (Å²) in [7, 11) is -6.78. The van der Waals surface area contributed by atoms with Crippen LogP contribution in [0.15, 0.2) is 58.3 Å². The van der Waals surface area contributed by atoms with E-state index in [1.807, 2.05) is 0 Å². The van der Waals surface area contributed by atoms with E-state index in [1.54, 1.807) is 0 Å². The van der Waals surface area contributed by atoms with Crippen molar-refractivity contribution in [3.63, 3.8) is 0 Å². The van der Waals surface area contributed by atoms with Crippen LogP contribution in [0, 0.1) is 0 Å². The first-order valence-corrected chi connectivity index (χ1v) is 16.4. The van der Waals surface area contributed by atoms with Crippen molar-refractivity contribution >= 4 is 55.2 Å². The molecule has 0 radical (unpaired) electrons. The van der Waals surface area contributed by atoms with Gasteiger partial charge in [-0.25, -0.2) is 26.4 Å². The van der Waals surface area contributed by atoms with Gasteiger partial charge < -0.3 is 18.9 Å². The van der Waals surface area contributed by atoms with Crippen LogP contribution in [-0.2, 0) is 48.2 Å². The van der Waals surface area contributed by atoms with Crippen molar-refractivity contribution in [2.45, 2.75) is 34.8 Å². The lowest BCUT2D eigenvalue weighted by molar-refractivity contribution is -0.152. The summed E-state index contributed by atoms with van der Waals surface area (Å²) >= 11 is 0. The van der Waals surface area contributed by atoms with Crippen molar-refractivity contribution in [3.05, 3.63) is 48.5 Å². The lowest BCUT2D eigenvalue weighted by atomic mass is 10.2. The van der Waals surface area contributed by atoms with Gasteiger partial charge in [-0.05, 0) is 48.5 Å². The highest BCUT2D eigenvalue weighted by atomic mass is 32.2. The Kier molecular flexibility index (Phi) is 9.06. The van der Waals surface area contributed by atoms with E-state index in [0.717, 1.165) is 12.5 Å². The number of sulfone groups is 2. The third kappa shape index (κ3) is 7.76. The molecular weight excluding hydrogens is 596 g/mol. The zero-order chi connectivity index (χ0) is 30.7. The first-order valence-electron chi connectivity index (χ1n) is 12.6. The summed E-state index contributed by atoms with van der Waals surface area (Å²) in [5.41, 5.74) is 0.842. The van der Waals surface area contributed by atoms with Gasteiger partial charge in [-0.15, -0.1) is 0 Å². The third-order valence-corrected chi connectivity index (χ3v) is 8.55. The molecule has 14 nitrogen and oxygen atoms in total. The van der Waals surface area contributed by atoms with E-state index in [-0.39, 0.29) is 48.9 Å². The van der Waals surface area contributed by atoms with Gasteiger partial charge in [0.15, 0.2) is 31.9 Å². The fourth-order valence-corrected chi connectivity index (χ4v) is 5.37. The Balaban J connectivity index is 1.15. The average molecular weight is 625 g/mol. The predicted molar refractivity (Wildman–Crippen MR) is 145 cm³/mol. The smallest absolute Gasteiger partial charge is 0.414 e. The lowest BCUT2D eigenvalue weighted by Gasteiger charge is -2.13. The van der Waals surface area contributed by atoms with Gasteiger partial charge in [0.25, 0.3) is 0 Å². The Morgan fingerprint density at radius 2 is 1.02 bits per heavy atom. The molecule has 2 heterocycles. The Morgan fingerprint density at radius 3 is 1.33 bits per heavy atom. The van der Waals surface area contributed by atoms with Gasteiger partial charge in [0.05, 0.1) is 35.7 Å². The van der Waals surface area contributed by atoms with Gasteiger partial charge in [0.2, 0.25) is 0 Å². The van der Waals surface area contributed by atoms with Gasteiger partial charge in [-0.1, -0.05) is 0 Å². The fraction of sp³-hybridized carbons (Fsp3) is 0.385. The van der Waals surface area contributed by atoms with Crippen molar-refractivity contribution in [1.29, 1.82) is 0 Å². The maximum Gasteiger partial charge on any atom is 0.414 e. The molecular formula is C26H28N2O12S2. The van der Waals surface area contributed by atoms with Gasteiger partial charge in [0, 0.05) is 23.9 Å². The van der Waals surface area contributed by atoms with Crippen molar-refractivity contribution in [1.82, 2.24) is 0 Å². The van der Waals surface area contributed by atoms with Gasteiger partial charge in [0.1, 0.15) is 13.2 Å². The minimum Gasteiger partial charge on any atom is -0.462 e. The molecule has 2 saturated heterocycles. The zero-order valence-corrected chi connectivity index (χ0v) is 24.3. The number of amides is 2. The minimum absolute atomic E-state index is 0.0748. The molecule has 0 N–H and O–H groups in total. The highest BCUT2D eigenvalue weighted by Gasteiger charge is 2.34. The maximum absolute atomic E-state index is 12.2. The first kappa shape index (κ1) is 30.8. The highest BCUT2D eigenvalue weighted by Crippen LogP contribution is 2.25. The molecule has 2 fully saturated rings. The SMILES string of the molecule is CS(=O)(=O)c1ccc(N2CC(COC(=O)CCC(=O)OCC3CN(c4ccc(S(C)(=O)=O)cc4)C(=O)O3)OC2=O)cc1. The van der Waals surface area contributed by atoms with Crippen LogP contribution in [0.1, 0.15) is 12.8 Å². The number of carbonyl (C=O) groups excluding carboxylic acids is 4. The van der Waals surface area contributed by atoms with Gasteiger partial charge in [-0.3, -0.25) is 19.4 Å². The minimum atomic E-state index is -3.39. The van der Waals surface area contributed by atoms with E-state index in [4.69, 9.17) is 18.9 Å². The Morgan fingerprint density at radius 1 is 0.690 bits per heavy atom. The summed E-state index contributed by atoms with van der Waals surface area (Å²) in [6.45, 7) is -0.330. The number of ether oxygens (including phenoxy) is 4. The first-order chi connectivity index (χ1) is 19.7. The second-order valence-corrected chi connectivity index (χ2v) is 13.7. The highest BCUT2D eigenvalue weighted by molar-refractivity contribution is 7.91. The molecule has 2 aromatic carbocycles. The molecule has 0 aromatic heterocycles. The molecule has 2 aromatic rings. The molecule has 2 amide bonds. The van der Waals surface area contributed by atoms with Crippen LogP contribution in [-0.4, -0.2) is 92.0 Å². The van der Waals surface area contributed by atoms with E-state index in [1.165, 1.54) is 58.3 Å². The second kappa shape index (κ2) is 12.4. The van der Waals surface area contributed by atoms with E-state index in [9.17, 15) is 36.0 Å². The lowest BCUT2D eigenvalue weighted by Crippen LogP contribution is -2.27. The number of anilines is 2. The molecule has 16 heteroatoms. The number of benzene rings is 2. The van der Waals surface area contributed by atoms with Crippen LogP contribution < -0.4 is 9.80 Å². The average Bonchev–Trinajstić information content (AvgIpc) is 3.50. The molecule has 0 spiro atoms. The van der Waals surface area contributed by atoms with Crippen LogP contribution >= 0.6 is 0 Å². The molecule has 0 bridgehead atoms. The van der Waals surface area contributed by atoms with Crippen LogP contribution in [0.5, 0.6) is 0 Å². The Labute approximate surface area is 241 Å². The molecule has 226 valence electrons. The van der Waals surface area contributed by atoms with Crippen molar-refractivity contribution < 1.29 is 55.0 Å². The van der Waals surface area contributed by atoms with Crippen molar-refractivity contribution in [2.24, 2.45) is 0 Å². The topological polar surface area (TPSA) is 180 Å². The molecule has 2 aliphatic rings. The van der Waals surface area contributed by atoms with E-state index in [0.29, 0.717) is 11.4 Å². The van der Waals surface area contributed by atoms with E-state index < -0.39 is 56.0 Å². The van der Waals surface area contributed by atoms with E-state index in [2.05, 4.69) is 0 Å². The van der Waals surface area contributed by atoms with Crippen molar-refractivity contribution in [2.75, 3.05) is 48.6 Å². The third-order valence-electron chi connectivity index (χ3n) is 6.29. The number of carbonyl (C=O) groups is 4. The predicted octanol–water partition coefficient (Wildman–Crippen LogP) is 1.71. The molecule has 0 saturated carbocycles. The van der Waals surface area contributed by atoms with Crippen LogP contribution in [0.2, 0.25) is 0 Å². The standard InChI is InChI=1S/C26H28N2O12S2/c1-41(33,34)21-7-3-17(4-8-21)27-13-19(39-25(27)31)15-37-23(29)11-12-24(30)38-16-20-14-28(26(32)40-20)18-5-9-22(10-6-18)42(2,35)36/h3-10,19-20H,11-16H2,1-2H3. The fourth-order valence-electron chi connectivity index (χ4n) is 4.11. The zero-order valence-electron chi connectivity index (χ0n) is 22.6. The van der Waals surface area contributed by atoms with Gasteiger partial charge >= 0.3 is 24.1 Å². The Bertz CT molecular complexity index is 1450. The van der Waals surface area contributed by atoms with E-state index >= 15 is 0 Å². The number of esters is 2. The number of rotatable bonds is 11. The number of cyclic esters (lactones) is 2. The normalized spacial score (nSPS) is 18.9. The second-order valence-electron chi connectivity index (χ2n) is 9.63. The van der Waals surface area contributed by atoms with Crippen molar-refractivity contribution in [3.8, 4) is 0 Å². The van der Waals surface area contributed by atoms with Crippen LogP contribution in [0.4, 0.5) is 21.0 Å². The largest absolute Gasteiger partial charge is 0.462 e. The summed E-state index contributed by atoms with van der Waals surface area (Å²) < 4.78 is 67.1. The van der Waals surface area contributed by atoms with Gasteiger partial charge in [-0.2, -0.15) is 0 Å². The molecule has 2 unspecified atom stereocenters. The summed E-state index contributed by atoms with van der Waals surface area (Å²) in [4.78, 5) is 51.4. The summed E-state index contributed by atoms with van der Waals surface area (Å²) in [6, 6.07) is 11.4. The van der Waals surface area contributed by atoms with Crippen LogP contribution in [0.25, 0.3) is 0 Å². The monoisotopic (exact) mass is 624 g/mol. The summed E-state index contributed by atoms with van der Waals surface area (Å²) in [6.07, 6.45) is -1.31. The Hall–Kier alpha value is -4.18. The maximum atomic E-state index is 12.2. The quantitative estimate of drug-likeness (QED) is 0.261. The summed E-state index contributed by atoms with van der Waals surface area (Å²) in [5, 5.41) is 0. The molecule has 42 heavy (non-hydrogen) atoms.